The minimum atomic E-state index is -4.03. The largest absolute Gasteiger partial charge is 0.496 e. The summed E-state index contributed by atoms with van der Waals surface area (Å²) in [6.45, 7) is 1.41. The molecule has 3 aromatic carbocycles. The average Bonchev–Trinajstić information content (AvgIpc) is 2.72. The lowest BCUT2D eigenvalue weighted by atomic mass is 10.1. The predicted molar refractivity (Wildman–Crippen MR) is 112 cm³/mol. The summed E-state index contributed by atoms with van der Waals surface area (Å²) in [7, 11) is -2.71. The number of ether oxygens (including phenoxy) is 2. The third kappa shape index (κ3) is 4.58. The van der Waals surface area contributed by atoms with Crippen LogP contribution in [0.1, 0.15) is 17.3 Å². The number of fused-ring (bicyclic) bond motifs is 1. The molecule has 0 radical (unpaired) electrons. The molecule has 0 aliphatic carbocycles. The van der Waals surface area contributed by atoms with Gasteiger partial charge in [-0.15, -0.1) is 0 Å². The molecule has 0 fully saturated rings. The van der Waals surface area contributed by atoms with Crippen molar-refractivity contribution in [3.63, 3.8) is 0 Å². The van der Waals surface area contributed by atoms with Crippen molar-refractivity contribution in [2.75, 3.05) is 12.4 Å². The summed E-state index contributed by atoms with van der Waals surface area (Å²) in [4.78, 5) is 24.9. The predicted octanol–water partition coefficient (Wildman–Crippen LogP) is 2.68. The van der Waals surface area contributed by atoms with Gasteiger partial charge in [0.2, 0.25) is 10.0 Å². The van der Waals surface area contributed by atoms with Crippen LogP contribution in [0.15, 0.2) is 65.6 Å². The highest BCUT2D eigenvalue weighted by Crippen LogP contribution is 2.25. The summed E-state index contributed by atoms with van der Waals surface area (Å²) in [6.07, 6.45) is -1.15. The molecular formula is C21H20N2O6S. The van der Waals surface area contributed by atoms with Gasteiger partial charge < -0.3 is 14.8 Å². The van der Waals surface area contributed by atoms with Gasteiger partial charge in [-0.1, -0.05) is 36.4 Å². The Morgan fingerprint density at radius 3 is 2.43 bits per heavy atom. The number of benzene rings is 3. The molecule has 8 nitrogen and oxygen atoms in total. The molecule has 0 bridgehead atoms. The van der Waals surface area contributed by atoms with Crippen molar-refractivity contribution in [2.24, 2.45) is 5.14 Å². The number of rotatable bonds is 6. The smallest absolute Gasteiger partial charge is 0.342 e. The number of carbonyl (C=O) groups excluding carboxylic acids is 2. The van der Waals surface area contributed by atoms with Gasteiger partial charge in [0.25, 0.3) is 5.91 Å². The van der Waals surface area contributed by atoms with Crippen molar-refractivity contribution in [3.8, 4) is 5.75 Å². The van der Waals surface area contributed by atoms with E-state index in [9.17, 15) is 18.0 Å². The molecule has 0 saturated heterocycles. The Bertz CT molecular complexity index is 1220. The van der Waals surface area contributed by atoms with Crippen molar-refractivity contribution in [3.05, 3.63) is 66.2 Å². The first-order valence-electron chi connectivity index (χ1n) is 8.91. The van der Waals surface area contributed by atoms with Crippen molar-refractivity contribution in [2.45, 2.75) is 17.9 Å². The first-order valence-corrected chi connectivity index (χ1v) is 10.5. The van der Waals surface area contributed by atoms with Crippen LogP contribution < -0.4 is 15.2 Å². The maximum absolute atomic E-state index is 12.6. The molecule has 0 spiro atoms. The second kappa shape index (κ2) is 8.52. The van der Waals surface area contributed by atoms with Gasteiger partial charge >= 0.3 is 5.97 Å². The maximum Gasteiger partial charge on any atom is 0.342 e. The molecule has 3 N–H and O–H groups in total. The van der Waals surface area contributed by atoms with Crippen molar-refractivity contribution < 1.29 is 27.5 Å². The Kier molecular flexibility index (Phi) is 6.04. The quantitative estimate of drug-likeness (QED) is 0.582. The lowest BCUT2D eigenvalue weighted by Gasteiger charge is -2.16. The number of nitrogens with one attached hydrogen (secondary N) is 1. The van der Waals surface area contributed by atoms with Gasteiger partial charge in [-0.25, -0.2) is 18.4 Å². The first kappa shape index (κ1) is 21.3. The Morgan fingerprint density at radius 1 is 1.03 bits per heavy atom. The normalized spacial score (nSPS) is 12.2. The Hall–Kier alpha value is -3.43. The van der Waals surface area contributed by atoms with E-state index in [-0.39, 0.29) is 16.2 Å². The number of anilines is 1. The molecule has 30 heavy (non-hydrogen) atoms. The average molecular weight is 428 g/mol. The number of nitrogens with two attached hydrogens (primary N) is 1. The van der Waals surface area contributed by atoms with Gasteiger partial charge in [-0.05, 0) is 36.6 Å². The van der Waals surface area contributed by atoms with Crippen LogP contribution in [0.25, 0.3) is 10.8 Å². The van der Waals surface area contributed by atoms with E-state index in [1.54, 1.807) is 12.1 Å². The fourth-order valence-corrected chi connectivity index (χ4v) is 3.41. The van der Waals surface area contributed by atoms with Crippen LogP contribution in [0.5, 0.6) is 5.75 Å². The van der Waals surface area contributed by atoms with Crippen molar-refractivity contribution >= 4 is 38.4 Å². The van der Waals surface area contributed by atoms with Crippen LogP contribution in [-0.2, 0) is 19.6 Å². The Morgan fingerprint density at radius 2 is 1.73 bits per heavy atom. The third-order valence-corrected chi connectivity index (χ3v) is 5.33. The van der Waals surface area contributed by atoms with Gasteiger partial charge in [-0.2, -0.15) is 0 Å². The summed E-state index contributed by atoms with van der Waals surface area (Å²) in [5.41, 5.74) is 0.420. The zero-order valence-electron chi connectivity index (χ0n) is 16.3. The number of sulfonamides is 1. The summed E-state index contributed by atoms with van der Waals surface area (Å²) in [5, 5.41) is 9.65. The molecule has 0 aromatic heterocycles. The van der Waals surface area contributed by atoms with Gasteiger partial charge in [0.05, 0.1) is 12.0 Å². The number of primary sulfonamides is 1. The number of hydrogen-bond acceptors (Lipinski definition) is 6. The molecule has 1 amide bonds. The fourth-order valence-electron chi connectivity index (χ4n) is 2.87. The van der Waals surface area contributed by atoms with E-state index in [0.29, 0.717) is 5.69 Å². The van der Waals surface area contributed by atoms with E-state index in [1.807, 2.05) is 30.3 Å². The second-order valence-electron chi connectivity index (χ2n) is 6.47. The van der Waals surface area contributed by atoms with E-state index >= 15 is 0 Å². The van der Waals surface area contributed by atoms with Gasteiger partial charge in [0.1, 0.15) is 11.3 Å². The highest BCUT2D eigenvalue weighted by Gasteiger charge is 2.23. The number of esters is 1. The first-order chi connectivity index (χ1) is 14.2. The van der Waals surface area contributed by atoms with Crippen LogP contribution in [0.2, 0.25) is 0 Å². The molecule has 1 unspecified atom stereocenters. The van der Waals surface area contributed by atoms with Gasteiger partial charge in [0, 0.05) is 11.1 Å². The zero-order valence-corrected chi connectivity index (χ0v) is 17.1. The summed E-state index contributed by atoms with van der Waals surface area (Å²) >= 11 is 0. The molecule has 156 valence electrons. The minimum Gasteiger partial charge on any atom is -0.496 e. The van der Waals surface area contributed by atoms with Crippen LogP contribution >= 0.6 is 0 Å². The Labute approximate surface area is 173 Å². The number of amides is 1. The lowest BCUT2D eigenvalue weighted by molar-refractivity contribution is -0.123. The Balaban J connectivity index is 1.79. The molecule has 3 rings (SSSR count). The number of carbonyl (C=O) groups is 2. The van der Waals surface area contributed by atoms with Crippen LogP contribution in [0, 0.1) is 0 Å². The molecule has 0 heterocycles. The monoisotopic (exact) mass is 428 g/mol. The van der Waals surface area contributed by atoms with E-state index in [1.165, 1.54) is 26.2 Å². The lowest BCUT2D eigenvalue weighted by Crippen LogP contribution is -2.30. The molecular weight excluding hydrogens is 408 g/mol. The summed E-state index contributed by atoms with van der Waals surface area (Å²) < 4.78 is 33.4. The molecule has 3 aromatic rings. The summed E-state index contributed by atoms with van der Waals surface area (Å²) in [5.74, 6) is -1.37. The molecule has 0 saturated carbocycles. The molecule has 0 aliphatic heterocycles. The topological polar surface area (TPSA) is 125 Å². The second-order valence-corrected chi connectivity index (χ2v) is 8.03. The zero-order chi connectivity index (χ0) is 21.9. The molecule has 9 heteroatoms. The van der Waals surface area contributed by atoms with Crippen LogP contribution in [-0.4, -0.2) is 33.5 Å². The van der Waals surface area contributed by atoms with E-state index in [4.69, 9.17) is 14.6 Å². The summed E-state index contributed by atoms with van der Waals surface area (Å²) in [6, 6.07) is 16.5. The van der Waals surface area contributed by atoms with Gasteiger partial charge in [0.15, 0.2) is 6.10 Å². The maximum atomic E-state index is 12.6. The SMILES string of the molecule is COc1ccc(S(N)(=O)=O)cc1C(=O)OC(C)C(=O)Nc1cccc2ccccc12. The fraction of sp³-hybridized carbons (Fsp3) is 0.143. The molecule has 1 atom stereocenters. The van der Waals surface area contributed by atoms with Gasteiger partial charge in [-0.3, -0.25) is 4.79 Å². The standard InChI is InChI=1S/C21H20N2O6S/c1-13(20(24)23-18-9-5-7-14-6-3-4-8-16(14)18)29-21(25)17-12-15(30(22,26)27)10-11-19(17)28-2/h3-13H,1-2H3,(H,23,24)(H2,22,26,27). The van der Waals surface area contributed by atoms with E-state index in [0.717, 1.165) is 16.8 Å². The van der Waals surface area contributed by atoms with Crippen LogP contribution in [0.4, 0.5) is 5.69 Å². The number of methoxy groups -OCH3 is 1. The van der Waals surface area contributed by atoms with Crippen molar-refractivity contribution in [1.29, 1.82) is 0 Å². The highest BCUT2D eigenvalue weighted by atomic mass is 32.2. The van der Waals surface area contributed by atoms with E-state index in [2.05, 4.69) is 5.32 Å². The minimum absolute atomic E-state index is 0.0917. The third-order valence-electron chi connectivity index (χ3n) is 4.42. The van der Waals surface area contributed by atoms with Crippen LogP contribution in [0.3, 0.4) is 0 Å². The van der Waals surface area contributed by atoms with E-state index < -0.39 is 28.0 Å². The number of hydrogen-bond donors (Lipinski definition) is 2. The van der Waals surface area contributed by atoms with Crippen molar-refractivity contribution in [1.82, 2.24) is 0 Å². The highest BCUT2D eigenvalue weighted by molar-refractivity contribution is 7.89. The molecule has 0 aliphatic rings.